The SMILES string of the molecule is Cc1cn(-c2nccc(N3C[C@@H](C)N(c4ccnc(CCO)n4)[C@@H](C)C3)n2)c(C)n1. The van der Waals surface area contributed by atoms with Crippen molar-refractivity contribution in [3.05, 3.63) is 48.1 Å². The van der Waals surface area contributed by atoms with Gasteiger partial charge in [0.15, 0.2) is 0 Å². The Bertz CT molecular complexity index is 1010. The van der Waals surface area contributed by atoms with Crippen LogP contribution in [-0.4, -0.2) is 66.4 Å². The van der Waals surface area contributed by atoms with E-state index < -0.39 is 0 Å². The summed E-state index contributed by atoms with van der Waals surface area (Å²) in [6, 6.07) is 4.38. The Morgan fingerprint density at radius 3 is 2.33 bits per heavy atom. The van der Waals surface area contributed by atoms with Gasteiger partial charge in [0.2, 0.25) is 5.95 Å². The van der Waals surface area contributed by atoms with E-state index in [0.717, 1.165) is 36.2 Å². The van der Waals surface area contributed by atoms with Crippen LogP contribution in [0.5, 0.6) is 0 Å². The molecule has 3 aromatic rings. The fourth-order valence-corrected chi connectivity index (χ4v) is 4.17. The number of imidazole rings is 1. The van der Waals surface area contributed by atoms with Gasteiger partial charge in [0.25, 0.3) is 0 Å². The van der Waals surface area contributed by atoms with E-state index in [9.17, 15) is 5.11 Å². The van der Waals surface area contributed by atoms with Gasteiger partial charge in [-0.15, -0.1) is 0 Å². The van der Waals surface area contributed by atoms with Crippen molar-refractivity contribution in [2.45, 2.75) is 46.2 Å². The van der Waals surface area contributed by atoms with Gasteiger partial charge < -0.3 is 14.9 Å². The number of aryl methyl sites for hydroxylation is 2. The van der Waals surface area contributed by atoms with Crippen molar-refractivity contribution in [1.29, 1.82) is 0 Å². The smallest absolute Gasteiger partial charge is 0.237 e. The molecule has 0 radical (unpaired) electrons. The van der Waals surface area contributed by atoms with E-state index in [1.54, 1.807) is 12.4 Å². The molecule has 0 aromatic carbocycles. The molecule has 30 heavy (non-hydrogen) atoms. The first-order valence-electron chi connectivity index (χ1n) is 10.3. The molecule has 4 rings (SSSR count). The Morgan fingerprint density at radius 1 is 0.967 bits per heavy atom. The standard InChI is InChI=1S/C21H28N8O/c1-14-11-28(17(4)24-14)21-23-9-5-19(26-21)27-12-15(2)29(16(3)13-27)20-6-8-22-18(25-20)7-10-30/h5-6,8-9,11,15-16,30H,7,10,12-13H2,1-4H3/t15-,16+. The molecule has 4 heterocycles. The summed E-state index contributed by atoms with van der Waals surface area (Å²) in [4.78, 5) is 27.2. The van der Waals surface area contributed by atoms with E-state index in [1.807, 2.05) is 36.7 Å². The quantitative estimate of drug-likeness (QED) is 0.682. The van der Waals surface area contributed by atoms with Crippen molar-refractivity contribution < 1.29 is 5.11 Å². The van der Waals surface area contributed by atoms with Gasteiger partial charge >= 0.3 is 0 Å². The second-order valence-corrected chi connectivity index (χ2v) is 7.83. The maximum Gasteiger partial charge on any atom is 0.237 e. The average Bonchev–Trinajstić information content (AvgIpc) is 3.06. The van der Waals surface area contributed by atoms with Gasteiger partial charge in [0, 0.05) is 50.2 Å². The molecule has 1 fully saturated rings. The average molecular weight is 409 g/mol. The van der Waals surface area contributed by atoms with Crippen molar-refractivity contribution in [3.8, 4) is 5.95 Å². The fraction of sp³-hybridized carbons (Fsp3) is 0.476. The summed E-state index contributed by atoms with van der Waals surface area (Å²) in [6.45, 7) is 10.0. The number of aromatic nitrogens is 6. The molecule has 1 N–H and O–H groups in total. The minimum atomic E-state index is 0.0499. The van der Waals surface area contributed by atoms with Crippen LogP contribution in [0.15, 0.2) is 30.7 Å². The van der Waals surface area contributed by atoms with Crippen molar-refractivity contribution in [1.82, 2.24) is 29.5 Å². The molecule has 0 unspecified atom stereocenters. The van der Waals surface area contributed by atoms with E-state index >= 15 is 0 Å². The summed E-state index contributed by atoms with van der Waals surface area (Å²) >= 11 is 0. The first kappa shape index (κ1) is 20.2. The van der Waals surface area contributed by atoms with Crippen LogP contribution >= 0.6 is 0 Å². The van der Waals surface area contributed by atoms with E-state index in [2.05, 4.69) is 43.6 Å². The van der Waals surface area contributed by atoms with Gasteiger partial charge in [-0.05, 0) is 39.8 Å². The predicted octanol–water partition coefficient (Wildman–Crippen LogP) is 1.71. The lowest BCUT2D eigenvalue weighted by Crippen LogP contribution is -2.57. The lowest BCUT2D eigenvalue weighted by molar-refractivity contribution is 0.296. The summed E-state index contributed by atoms with van der Waals surface area (Å²) in [5.41, 5.74) is 0.947. The first-order chi connectivity index (χ1) is 14.5. The second-order valence-electron chi connectivity index (χ2n) is 7.83. The molecule has 0 bridgehead atoms. The number of hydrogen-bond donors (Lipinski definition) is 1. The highest BCUT2D eigenvalue weighted by molar-refractivity contribution is 5.48. The summed E-state index contributed by atoms with van der Waals surface area (Å²) in [5.74, 6) is 3.99. The summed E-state index contributed by atoms with van der Waals surface area (Å²) < 4.78 is 1.92. The van der Waals surface area contributed by atoms with Crippen molar-refractivity contribution in [2.24, 2.45) is 0 Å². The number of rotatable bonds is 5. The van der Waals surface area contributed by atoms with Gasteiger partial charge in [-0.25, -0.2) is 19.9 Å². The van der Waals surface area contributed by atoms with Gasteiger partial charge in [-0.2, -0.15) is 4.98 Å². The van der Waals surface area contributed by atoms with Crippen LogP contribution in [0.1, 0.15) is 31.2 Å². The zero-order valence-corrected chi connectivity index (χ0v) is 17.9. The molecule has 9 heteroatoms. The minimum Gasteiger partial charge on any atom is -0.396 e. The van der Waals surface area contributed by atoms with E-state index in [4.69, 9.17) is 4.98 Å². The zero-order chi connectivity index (χ0) is 21.3. The Morgan fingerprint density at radius 2 is 1.67 bits per heavy atom. The van der Waals surface area contributed by atoms with Crippen LogP contribution in [0.3, 0.4) is 0 Å². The third-order valence-corrected chi connectivity index (χ3v) is 5.38. The lowest BCUT2D eigenvalue weighted by atomic mass is 10.1. The van der Waals surface area contributed by atoms with Crippen LogP contribution in [0.2, 0.25) is 0 Å². The Labute approximate surface area is 176 Å². The molecule has 0 aliphatic carbocycles. The maximum atomic E-state index is 9.19. The first-order valence-corrected chi connectivity index (χ1v) is 10.3. The van der Waals surface area contributed by atoms with Crippen molar-refractivity contribution >= 4 is 11.6 Å². The van der Waals surface area contributed by atoms with E-state index in [-0.39, 0.29) is 18.7 Å². The van der Waals surface area contributed by atoms with Crippen LogP contribution < -0.4 is 9.80 Å². The molecule has 3 aromatic heterocycles. The molecule has 1 aliphatic heterocycles. The highest BCUT2D eigenvalue weighted by Crippen LogP contribution is 2.26. The molecular formula is C21H28N8O. The number of hydrogen-bond acceptors (Lipinski definition) is 8. The van der Waals surface area contributed by atoms with Crippen LogP contribution in [-0.2, 0) is 6.42 Å². The Kier molecular flexibility index (Phi) is 5.63. The zero-order valence-electron chi connectivity index (χ0n) is 17.9. The predicted molar refractivity (Wildman–Crippen MR) is 115 cm³/mol. The van der Waals surface area contributed by atoms with Crippen LogP contribution in [0.25, 0.3) is 5.95 Å². The maximum absolute atomic E-state index is 9.19. The third-order valence-electron chi connectivity index (χ3n) is 5.38. The van der Waals surface area contributed by atoms with E-state index in [0.29, 0.717) is 18.2 Å². The molecular weight excluding hydrogens is 380 g/mol. The monoisotopic (exact) mass is 408 g/mol. The van der Waals surface area contributed by atoms with Gasteiger partial charge in [0.1, 0.15) is 23.3 Å². The topological polar surface area (TPSA) is 96.1 Å². The number of nitrogens with zero attached hydrogens (tertiary/aromatic N) is 8. The third kappa shape index (κ3) is 3.97. The largest absolute Gasteiger partial charge is 0.396 e. The molecule has 0 amide bonds. The van der Waals surface area contributed by atoms with Crippen molar-refractivity contribution in [3.63, 3.8) is 0 Å². The number of aliphatic hydroxyl groups is 1. The molecule has 2 atom stereocenters. The number of anilines is 2. The molecule has 1 aliphatic rings. The Hall–Kier alpha value is -3.07. The number of aliphatic hydroxyl groups excluding tert-OH is 1. The fourth-order valence-electron chi connectivity index (χ4n) is 4.17. The normalized spacial score (nSPS) is 19.4. The molecule has 1 saturated heterocycles. The van der Waals surface area contributed by atoms with E-state index in [1.165, 1.54) is 0 Å². The van der Waals surface area contributed by atoms with Gasteiger partial charge in [0.05, 0.1) is 12.3 Å². The van der Waals surface area contributed by atoms with Gasteiger partial charge in [-0.1, -0.05) is 0 Å². The van der Waals surface area contributed by atoms with Crippen molar-refractivity contribution in [2.75, 3.05) is 29.5 Å². The Balaban J connectivity index is 1.56. The molecule has 0 saturated carbocycles. The second kappa shape index (κ2) is 8.35. The van der Waals surface area contributed by atoms with Gasteiger partial charge in [-0.3, -0.25) is 4.57 Å². The molecule has 9 nitrogen and oxygen atoms in total. The minimum absolute atomic E-state index is 0.0499. The number of piperazine rings is 1. The lowest BCUT2D eigenvalue weighted by Gasteiger charge is -2.45. The van der Waals surface area contributed by atoms with Crippen LogP contribution in [0.4, 0.5) is 11.6 Å². The summed E-state index contributed by atoms with van der Waals surface area (Å²) in [6.07, 6.45) is 6.00. The van der Waals surface area contributed by atoms with Crippen LogP contribution in [0, 0.1) is 13.8 Å². The highest BCUT2D eigenvalue weighted by Gasteiger charge is 2.31. The molecule has 158 valence electrons. The molecule has 0 spiro atoms. The highest BCUT2D eigenvalue weighted by atomic mass is 16.3. The summed E-state index contributed by atoms with van der Waals surface area (Å²) in [7, 11) is 0. The summed E-state index contributed by atoms with van der Waals surface area (Å²) in [5, 5.41) is 9.19.